The van der Waals surface area contributed by atoms with Crippen LogP contribution < -0.4 is 0 Å². The van der Waals surface area contributed by atoms with Crippen molar-refractivity contribution in [2.45, 2.75) is 48.4 Å². The largest absolute Gasteiger partial charge is 0.462 e. The number of thiazole rings is 1. The van der Waals surface area contributed by atoms with E-state index in [-0.39, 0.29) is 0 Å². The van der Waals surface area contributed by atoms with Crippen LogP contribution in [-0.4, -0.2) is 47.5 Å². The van der Waals surface area contributed by atoms with Crippen molar-refractivity contribution in [3.8, 4) is 0 Å². The molecule has 0 aliphatic rings. The summed E-state index contributed by atoms with van der Waals surface area (Å²) in [5.74, 6) is -22.0. The topological polar surface area (TPSA) is 31.4 Å². The molecule has 2 atom stereocenters. The second kappa shape index (κ2) is 8.43. The van der Waals surface area contributed by atoms with Crippen LogP contribution in [0, 0.1) is 0 Å². The van der Waals surface area contributed by atoms with Crippen molar-refractivity contribution in [1.29, 1.82) is 0 Å². The summed E-state index contributed by atoms with van der Waals surface area (Å²) < 4.78 is 227. The maximum absolute atomic E-state index is 14.8. The number of nitrogens with zero attached hydrogens (tertiary/aromatic N) is 1. The normalized spacial score (nSPS) is 18.2. The van der Waals surface area contributed by atoms with Crippen LogP contribution in [0.4, 0.5) is 74.6 Å². The van der Waals surface area contributed by atoms with Gasteiger partial charge < -0.3 is 0 Å². The van der Waals surface area contributed by atoms with Gasteiger partial charge in [0.05, 0.1) is 10.2 Å². The van der Waals surface area contributed by atoms with E-state index < -0.39 is 74.9 Å². The van der Waals surface area contributed by atoms with Crippen LogP contribution in [0.15, 0.2) is 24.3 Å². The van der Waals surface area contributed by atoms with Gasteiger partial charge in [0.1, 0.15) is 0 Å². The Bertz CT molecular complexity index is 1060. The first-order chi connectivity index (χ1) is 15.7. The molecule has 1 aromatic carbocycles. The Morgan fingerprint density at radius 1 is 0.583 bits per heavy atom. The average molecular weight is 585 g/mol. The summed E-state index contributed by atoms with van der Waals surface area (Å²) in [5.41, 5.74) is -0.620. The quantitative estimate of drug-likeness (QED) is 0.314. The molecule has 2 rings (SSSR count). The first-order valence-electron chi connectivity index (χ1n) is 8.21. The monoisotopic (exact) mass is 585 g/mol. The minimum absolute atomic E-state index is 0.458. The Balaban J connectivity index is 2.68. The number of hydrogen-bond acceptors (Lipinski definition) is 4. The van der Waals surface area contributed by atoms with E-state index in [1.807, 2.05) is 0 Å². The molecule has 36 heavy (non-hydrogen) atoms. The van der Waals surface area contributed by atoms with Crippen LogP contribution in [-0.2, 0) is 15.3 Å². The van der Waals surface area contributed by atoms with Crippen molar-refractivity contribution in [2.24, 2.45) is 0 Å². The Labute approximate surface area is 189 Å². The molecular weight excluding hydrogens is 581 g/mol. The molecule has 21 heteroatoms. The molecular formula is C15H4F17NO2S. The zero-order valence-electron chi connectivity index (χ0n) is 15.9. The lowest BCUT2D eigenvalue weighted by atomic mass is 10.2. The average Bonchev–Trinajstić information content (AvgIpc) is 3.09. The van der Waals surface area contributed by atoms with Crippen molar-refractivity contribution in [3.63, 3.8) is 0 Å². The van der Waals surface area contributed by atoms with Gasteiger partial charge in [-0.2, -0.15) is 74.6 Å². The predicted molar refractivity (Wildman–Crippen MR) is 81.4 cm³/mol. The van der Waals surface area contributed by atoms with E-state index in [1.165, 1.54) is 4.74 Å². The number of para-hydroxylation sites is 1. The highest BCUT2D eigenvalue weighted by atomic mass is 32.1. The van der Waals surface area contributed by atoms with Gasteiger partial charge >= 0.3 is 48.4 Å². The number of hydrogen-bond donors (Lipinski definition) is 0. The highest BCUT2D eigenvalue weighted by Crippen LogP contribution is 2.58. The molecule has 1 heterocycles. The second-order valence-corrected chi connectivity index (χ2v) is 7.51. The summed E-state index contributed by atoms with van der Waals surface area (Å²) in [6, 6.07) is 3.81. The van der Waals surface area contributed by atoms with Crippen LogP contribution >= 0.6 is 11.3 Å². The number of halogens is 17. The van der Waals surface area contributed by atoms with Crippen LogP contribution in [0.3, 0.4) is 0 Å². The SMILES string of the molecule is FC(F)(F)C(F)(OC(F)(F)C(F)(OC(F)(F)C(F)(F)C(F)(F)F)C(F)(F)F)c1nc2ccccc2s1. The first kappa shape index (κ1) is 30.1. The molecule has 2 unspecified atom stereocenters. The van der Waals surface area contributed by atoms with E-state index in [1.54, 1.807) is 0 Å². The number of alkyl halides is 17. The van der Waals surface area contributed by atoms with E-state index in [0.717, 1.165) is 24.3 Å². The molecule has 0 aliphatic heterocycles. The molecule has 0 spiro atoms. The number of fused-ring (bicyclic) bond motifs is 1. The van der Waals surface area contributed by atoms with Gasteiger partial charge in [-0.05, 0) is 12.1 Å². The maximum atomic E-state index is 14.8. The molecule has 0 aliphatic carbocycles. The van der Waals surface area contributed by atoms with Gasteiger partial charge in [0.15, 0.2) is 5.01 Å². The lowest BCUT2D eigenvalue weighted by Gasteiger charge is -2.40. The molecule has 206 valence electrons. The van der Waals surface area contributed by atoms with Crippen LogP contribution in [0.1, 0.15) is 5.01 Å². The summed E-state index contributed by atoms with van der Waals surface area (Å²) >= 11 is -0.515. The summed E-state index contributed by atoms with van der Waals surface area (Å²) in [6.07, 6.45) is -37.8. The van der Waals surface area contributed by atoms with Gasteiger partial charge in [-0.1, -0.05) is 12.1 Å². The van der Waals surface area contributed by atoms with E-state index in [2.05, 4.69) is 9.72 Å². The Morgan fingerprint density at radius 2 is 1.08 bits per heavy atom. The standard InChI is InChI=1S/C15H4F17NO2S/c16-8(11(20,21)22,7-33-5-3-1-2-4-6(5)36-7)34-15(31,32)10(19,13(26,27)28)35-14(29,30)9(17,18)12(23,24)25/h1-4H. The lowest BCUT2D eigenvalue weighted by molar-refractivity contribution is -0.554. The van der Waals surface area contributed by atoms with Gasteiger partial charge in [-0.3, -0.25) is 9.47 Å². The Hall–Kier alpha value is -2.16. The molecule has 0 N–H and O–H groups in total. The van der Waals surface area contributed by atoms with Crippen molar-refractivity contribution >= 4 is 21.6 Å². The first-order valence-corrected chi connectivity index (χ1v) is 9.03. The highest BCUT2D eigenvalue weighted by molar-refractivity contribution is 7.18. The third kappa shape index (κ3) is 4.75. The summed E-state index contributed by atoms with van der Waals surface area (Å²) in [5, 5.41) is -2.31. The summed E-state index contributed by atoms with van der Waals surface area (Å²) in [6.45, 7) is 0. The fourth-order valence-corrected chi connectivity index (χ4v) is 3.17. The predicted octanol–water partition coefficient (Wildman–Crippen LogP) is 7.63. The van der Waals surface area contributed by atoms with Gasteiger partial charge in [-0.15, -0.1) is 11.3 Å². The zero-order valence-corrected chi connectivity index (χ0v) is 16.7. The lowest BCUT2D eigenvalue weighted by Crippen LogP contribution is -2.66. The third-order valence-electron chi connectivity index (χ3n) is 3.93. The molecule has 0 bridgehead atoms. The Kier molecular flexibility index (Phi) is 7.04. The van der Waals surface area contributed by atoms with Crippen molar-refractivity contribution < 1.29 is 84.1 Å². The van der Waals surface area contributed by atoms with E-state index >= 15 is 0 Å². The number of rotatable bonds is 7. The van der Waals surface area contributed by atoms with Crippen LogP contribution in [0.2, 0.25) is 0 Å². The molecule has 2 aromatic rings. The number of ether oxygens (including phenoxy) is 2. The van der Waals surface area contributed by atoms with Crippen molar-refractivity contribution in [3.05, 3.63) is 29.3 Å². The fourth-order valence-electron chi connectivity index (χ4n) is 2.16. The summed E-state index contributed by atoms with van der Waals surface area (Å²) in [7, 11) is 0. The zero-order chi connectivity index (χ0) is 28.4. The van der Waals surface area contributed by atoms with Gasteiger partial charge in [0, 0.05) is 0 Å². The molecule has 3 nitrogen and oxygen atoms in total. The smallest absolute Gasteiger partial charge is 0.264 e. The van der Waals surface area contributed by atoms with E-state index in [9.17, 15) is 74.6 Å². The maximum Gasteiger partial charge on any atom is 0.462 e. The fraction of sp³-hybridized carbons (Fsp3) is 0.533. The molecule has 1 aromatic heterocycles. The minimum atomic E-state index is -7.92. The van der Waals surface area contributed by atoms with Crippen LogP contribution in [0.25, 0.3) is 10.2 Å². The molecule has 0 saturated carbocycles. The number of benzene rings is 1. The molecule has 0 saturated heterocycles. The summed E-state index contributed by atoms with van der Waals surface area (Å²) in [4.78, 5) is 2.83. The third-order valence-corrected chi connectivity index (χ3v) is 5.04. The van der Waals surface area contributed by atoms with Gasteiger partial charge in [0.25, 0.3) is 0 Å². The molecule has 0 amide bonds. The number of aromatic nitrogens is 1. The Morgan fingerprint density at radius 3 is 1.50 bits per heavy atom. The highest BCUT2D eigenvalue weighted by Gasteiger charge is 2.85. The van der Waals surface area contributed by atoms with Crippen molar-refractivity contribution in [1.82, 2.24) is 4.98 Å². The van der Waals surface area contributed by atoms with Crippen molar-refractivity contribution in [2.75, 3.05) is 0 Å². The molecule has 0 radical (unpaired) electrons. The molecule has 0 fully saturated rings. The van der Waals surface area contributed by atoms with E-state index in [4.69, 9.17) is 0 Å². The van der Waals surface area contributed by atoms with E-state index in [0.29, 0.717) is 0 Å². The van der Waals surface area contributed by atoms with Gasteiger partial charge in [-0.25, -0.2) is 4.98 Å². The van der Waals surface area contributed by atoms with Gasteiger partial charge in [0.2, 0.25) is 0 Å². The second-order valence-electron chi connectivity index (χ2n) is 6.48. The van der Waals surface area contributed by atoms with Crippen LogP contribution in [0.5, 0.6) is 0 Å². The minimum Gasteiger partial charge on any atom is -0.264 e.